The Morgan fingerprint density at radius 3 is 2.95 bits per heavy atom. The summed E-state index contributed by atoms with van der Waals surface area (Å²) in [6, 6.07) is 4.90. The molecule has 0 saturated carbocycles. The Bertz CT molecular complexity index is 698. The number of rotatable bonds is 6. The Morgan fingerprint density at radius 1 is 1.50 bits per heavy atom. The number of carbonyl (C=O) groups is 1. The molecule has 0 saturated heterocycles. The number of aliphatic hydroxyl groups is 1. The highest BCUT2D eigenvalue weighted by Crippen LogP contribution is 2.06. The van der Waals surface area contributed by atoms with Gasteiger partial charge in [-0.15, -0.1) is 0 Å². The van der Waals surface area contributed by atoms with E-state index in [0.29, 0.717) is 12.2 Å². The van der Waals surface area contributed by atoms with Gasteiger partial charge < -0.3 is 19.7 Å². The Balaban J connectivity index is 2.06. The molecule has 1 amide bonds. The molecule has 22 heavy (non-hydrogen) atoms. The van der Waals surface area contributed by atoms with Crippen LogP contribution in [0.5, 0.6) is 5.75 Å². The summed E-state index contributed by atoms with van der Waals surface area (Å²) in [6.45, 7) is 0.000378. The minimum Gasteiger partial charge on any atom is -0.491 e. The number of nitrogens with one attached hydrogen (secondary N) is 1. The van der Waals surface area contributed by atoms with Crippen molar-refractivity contribution in [3.8, 4) is 5.75 Å². The van der Waals surface area contributed by atoms with Gasteiger partial charge in [-0.1, -0.05) is 6.07 Å². The fourth-order valence-electron chi connectivity index (χ4n) is 1.94. The van der Waals surface area contributed by atoms with Crippen molar-refractivity contribution in [2.45, 2.75) is 19.7 Å². The van der Waals surface area contributed by atoms with E-state index in [1.807, 2.05) is 6.07 Å². The van der Waals surface area contributed by atoms with Crippen molar-refractivity contribution in [2.24, 2.45) is 0 Å². The number of methoxy groups -OCH3 is 1. The monoisotopic (exact) mass is 303 g/mol. The quantitative estimate of drug-likeness (QED) is 0.787. The number of hydrogen-bond acceptors (Lipinski definition) is 5. The van der Waals surface area contributed by atoms with Crippen molar-refractivity contribution < 1.29 is 14.6 Å². The first-order chi connectivity index (χ1) is 10.6. The van der Waals surface area contributed by atoms with Gasteiger partial charge in [-0.3, -0.25) is 14.6 Å². The van der Waals surface area contributed by atoms with Gasteiger partial charge in [0.05, 0.1) is 19.9 Å². The van der Waals surface area contributed by atoms with Gasteiger partial charge in [-0.05, 0) is 11.6 Å². The number of aliphatic hydroxyl groups excluding tert-OH is 1. The van der Waals surface area contributed by atoms with E-state index in [1.165, 1.54) is 23.9 Å². The predicted molar refractivity (Wildman–Crippen MR) is 79.3 cm³/mol. The number of hydrogen-bond donors (Lipinski definition) is 2. The number of pyridine rings is 2. The first kappa shape index (κ1) is 15.7. The summed E-state index contributed by atoms with van der Waals surface area (Å²) in [7, 11) is 1.38. The minimum absolute atomic E-state index is 0.0210. The van der Waals surface area contributed by atoms with Gasteiger partial charge in [-0.2, -0.15) is 0 Å². The predicted octanol–water partition coefficient (Wildman–Crippen LogP) is 0.0606. The molecular formula is C15H17N3O4. The van der Waals surface area contributed by atoms with Crippen LogP contribution in [0.3, 0.4) is 0 Å². The highest BCUT2D eigenvalue weighted by atomic mass is 16.5. The lowest BCUT2D eigenvalue weighted by Crippen LogP contribution is -2.29. The third-order valence-electron chi connectivity index (χ3n) is 3.09. The van der Waals surface area contributed by atoms with Crippen LogP contribution in [0.25, 0.3) is 0 Å². The maximum Gasteiger partial charge on any atom is 0.240 e. The Kier molecular flexibility index (Phi) is 5.26. The maximum atomic E-state index is 12.0. The highest BCUT2D eigenvalue weighted by molar-refractivity contribution is 5.75. The van der Waals surface area contributed by atoms with Crippen molar-refractivity contribution in [3.63, 3.8) is 0 Å². The third kappa shape index (κ3) is 3.92. The molecule has 0 aliphatic heterocycles. The number of ether oxygens (including phenoxy) is 1. The first-order valence-electron chi connectivity index (χ1n) is 6.68. The Morgan fingerprint density at radius 2 is 2.32 bits per heavy atom. The van der Waals surface area contributed by atoms with Gasteiger partial charge in [-0.25, -0.2) is 0 Å². The molecule has 0 spiro atoms. The molecule has 0 fully saturated rings. The maximum absolute atomic E-state index is 12.0. The van der Waals surface area contributed by atoms with Crippen LogP contribution in [-0.2, 0) is 24.5 Å². The van der Waals surface area contributed by atoms with Crippen molar-refractivity contribution in [2.75, 3.05) is 7.11 Å². The molecule has 0 radical (unpaired) electrons. The van der Waals surface area contributed by atoms with E-state index in [-0.39, 0.29) is 30.2 Å². The summed E-state index contributed by atoms with van der Waals surface area (Å²) in [6.07, 6.45) is 4.74. The largest absolute Gasteiger partial charge is 0.491 e. The topological polar surface area (TPSA) is 93.4 Å². The summed E-state index contributed by atoms with van der Waals surface area (Å²) < 4.78 is 6.43. The van der Waals surface area contributed by atoms with E-state index in [4.69, 9.17) is 4.74 Å². The van der Waals surface area contributed by atoms with E-state index in [9.17, 15) is 14.7 Å². The third-order valence-corrected chi connectivity index (χ3v) is 3.09. The first-order valence-corrected chi connectivity index (χ1v) is 6.68. The summed E-state index contributed by atoms with van der Waals surface area (Å²) >= 11 is 0. The molecular weight excluding hydrogens is 286 g/mol. The van der Waals surface area contributed by atoms with Crippen LogP contribution in [0.15, 0.2) is 41.6 Å². The van der Waals surface area contributed by atoms with Crippen LogP contribution in [0.2, 0.25) is 0 Å². The van der Waals surface area contributed by atoms with Gasteiger partial charge in [0, 0.05) is 30.7 Å². The number of aromatic nitrogens is 2. The highest BCUT2D eigenvalue weighted by Gasteiger charge is 2.10. The Hall–Kier alpha value is -2.67. The fourth-order valence-corrected chi connectivity index (χ4v) is 1.94. The molecule has 2 heterocycles. The lowest BCUT2D eigenvalue weighted by molar-refractivity contribution is -0.121. The van der Waals surface area contributed by atoms with Gasteiger partial charge in [0.1, 0.15) is 6.54 Å². The normalized spacial score (nSPS) is 10.3. The second-order valence-corrected chi connectivity index (χ2v) is 4.62. The van der Waals surface area contributed by atoms with Gasteiger partial charge in [0.15, 0.2) is 5.75 Å². The zero-order chi connectivity index (χ0) is 15.9. The summed E-state index contributed by atoms with van der Waals surface area (Å²) in [5.74, 6) is -0.124. The molecule has 116 valence electrons. The van der Waals surface area contributed by atoms with E-state index in [2.05, 4.69) is 10.3 Å². The van der Waals surface area contributed by atoms with Crippen molar-refractivity contribution in [1.29, 1.82) is 0 Å². The SMILES string of the molecule is COc1cn(CC(=O)NCc2cccnc2)c(CO)cc1=O. The second-order valence-electron chi connectivity index (χ2n) is 4.62. The molecule has 0 aromatic carbocycles. The van der Waals surface area contributed by atoms with E-state index in [0.717, 1.165) is 5.56 Å². The molecule has 0 atom stereocenters. The van der Waals surface area contributed by atoms with E-state index < -0.39 is 0 Å². The second kappa shape index (κ2) is 7.37. The van der Waals surface area contributed by atoms with E-state index >= 15 is 0 Å². The summed E-state index contributed by atoms with van der Waals surface area (Å²) in [4.78, 5) is 27.6. The minimum atomic E-state index is -0.338. The van der Waals surface area contributed by atoms with Crippen LogP contribution >= 0.6 is 0 Å². The average Bonchev–Trinajstić information content (AvgIpc) is 2.55. The Labute approximate surface area is 127 Å². The lowest BCUT2D eigenvalue weighted by atomic mass is 10.3. The average molecular weight is 303 g/mol. The fraction of sp³-hybridized carbons (Fsp3) is 0.267. The zero-order valence-corrected chi connectivity index (χ0v) is 12.2. The number of amides is 1. The van der Waals surface area contributed by atoms with Crippen LogP contribution in [0.1, 0.15) is 11.3 Å². The van der Waals surface area contributed by atoms with Crippen molar-refractivity contribution in [1.82, 2.24) is 14.9 Å². The number of carbonyl (C=O) groups excluding carboxylic acids is 1. The molecule has 0 aliphatic carbocycles. The molecule has 0 bridgehead atoms. The van der Waals surface area contributed by atoms with Crippen molar-refractivity contribution in [3.05, 3.63) is 58.3 Å². The smallest absolute Gasteiger partial charge is 0.240 e. The molecule has 7 heteroatoms. The summed E-state index contributed by atoms with van der Waals surface area (Å²) in [5.41, 5.74) is 0.900. The zero-order valence-electron chi connectivity index (χ0n) is 12.2. The lowest BCUT2D eigenvalue weighted by Gasteiger charge is -2.13. The van der Waals surface area contributed by atoms with Crippen LogP contribution in [0.4, 0.5) is 0 Å². The van der Waals surface area contributed by atoms with E-state index in [1.54, 1.807) is 18.5 Å². The molecule has 2 aromatic rings. The molecule has 0 aliphatic rings. The van der Waals surface area contributed by atoms with Crippen LogP contribution < -0.4 is 15.5 Å². The van der Waals surface area contributed by atoms with Crippen LogP contribution in [-0.4, -0.2) is 27.7 Å². The van der Waals surface area contributed by atoms with Gasteiger partial charge in [0.25, 0.3) is 0 Å². The molecule has 0 unspecified atom stereocenters. The molecule has 2 N–H and O–H groups in total. The molecule has 7 nitrogen and oxygen atoms in total. The van der Waals surface area contributed by atoms with Crippen molar-refractivity contribution >= 4 is 5.91 Å². The standard InChI is InChI=1S/C15H17N3O4/c1-22-14-8-18(12(10-19)5-13(14)20)9-15(21)17-7-11-3-2-4-16-6-11/h2-6,8,19H,7,9-10H2,1H3,(H,17,21). The summed E-state index contributed by atoms with van der Waals surface area (Å²) in [5, 5.41) is 12.0. The van der Waals surface area contributed by atoms with Gasteiger partial charge in [0.2, 0.25) is 11.3 Å². The van der Waals surface area contributed by atoms with Crippen LogP contribution in [0, 0.1) is 0 Å². The van der Waals surface area contributed by atoms with Gasteiger partial charge >= 0.3 is 0 Å². The number of nitrogens with zero attached hydrogens (tertiary/aromatic N) is 2. The molecule has 2 aromatic heterocycles. The molecule has 2 rings (SSSR count).